The van der Waals surface area contributed by atoms with E-state index in [0.717, 1.165) is 19.3 Å². The molecule has 40 heavy (non-hydrogen) atoms. The highest BCUT2D eigenvalue weighted by Crippen LogP contribution is 2.75. The average molecular weight is 629 g/mol. The molecule has 1 unspecified atom stereocenters. The number of aromatic nitrogens is 4. The first kappa shape index (κ1) is 30.4. The summed E-state index contributed by atoms with van der Waals surface area (Å²) in [5, 5.41) is -0.00249. The van der Waals surface area contributed by atoms with Crippen molar-refractivity contribution in [1.29, 1.82) is 0 Å². The zero-order valence-corrected chi connectivity index (χ0v) is 27.8. The van der Waals surface area contributed by atoms with Gasteiger partial charge >= 0.3 is 5.69 Å². The third-order valence-electron chi connectivity index (χ3n) is 9.05. The number of allylic oxidation sites excluding steroid dienone is 1. The molecule has 0 aromatic carbocycles. The number of H-pyrrole nitrogens is 2. The Bertz CT molecular complexity index is 1470. The van der Waals surface area contributed by atoms with E-state index in [1.165, 1.54) is 11.9 Å². The van der Waals surface area contributed by atoms with Gasteiger partial charge in [0.2, 0.25) is 5.69 Å². The summed E-state index contributed by atoms with van der Waals surface area (Å²) in [7, 11) is -2.17. The molecule has 0 spiro atoms. The molecule has 2 N–H and O–H groups in total. The van der Waals surface area contributed by atoms with Crippen LogP contribution in [0.2, 0.25) is 18.1 Å². The van der Waals surface area contributed by atoms with Gasteiger partial charge < -0.3 is 18.2 Å². The van der Waals surface area contributed by atoms with E-state index in [4.69, 9.17) is 30.0 Å². The molecular weight excluding hydrogens is 588 g/mol. The Morgan fingerprint density at radius 2 is 2.08 bits per heavy atom. The van der Waals surface area contributed by atoms with Crippen LogP contribution in [0.25, 0.3) is 11.2 Å². The Kier molecular flexibility index (Phi) is 8.05. The second-order valence-electron chi connectivity index (χ2n) is 13.1. The summed E-state index contributed by atoms with van der Waals surface area (Å²) in [5.74, 6) is 0.449. The maximum Gasteiger partial charge on any atom is 0.327 e. The van der Waals surface area contributed by atoms with Crippen LogP contribution < -0.4 is 11.2 Å². The lowest BCUT2D eigenvalue weighted by Crippen LogP contribution is -2.46. The van der Waals surface area contributed by atoms with Gasteiger partial charge in [0.1, 0.15) is 18.0 Å². The summed E-state index contributed by atoms with van der Waals surface area (Å²) in [4.78, 5) is 33.4. The SMILES string of the molecule is C=C(C)[C@H]1CC[C@@]2(C)S[P@](=S)(OC[C@H]3O[C@@H](n4cnc5c(=O)[nH]c(=O)[nH]c54)CC3O[Si](C)(C)C(C)(C)C)O[C@@H]2C1. The standard InChI is InChI=1S/C26H41N4O6PS2Si/c1-15(2)16-9-10-26(6)19(11-16)35-37(38,39-26)33-13-18-17(36-40(7,8)25(3,4)5)12-20(34-18)30-14-27-21-22(30)28-24(32)29-23(21)31/h14,16-20H,1,9-13H2,2-8H3,(H2,28,29,31,32)/t16-,17?,18+,19+,20+,26+,37+/m0/s1. The molecule has 2 aliphatic heterocycles. The maximum atomic E-state index is 12.3. The van der Waals surface area contributed by atoms with Crippen molar-refractivity contribution in [3.63, 3.8) is 0 Å². The smallest absolute Gasteiger partial charge is 0.327 e. The van der Waals surface area contributed by atoms with Crippen LogP contribution >= 0.6 is 17.1 Å². The third-order valence-corrected chi connectivity index (χ3v) is 19.4. The van der Waals surface area contributed by atoms with E-state index in [2.05, 4.69) is 69.2 Å². The summed E-state index contributed by atoms with van der Waals surface area (Å²) >= 11 is 7.72. The highest BCUT2D eigenvalue weighted by atomic mass is 32.9. The predicted octanol–water partition coefficient (Wildman–Crippen LogP) is 5.60. The summed E-state index contributed by atoms with van der Waals surface area (Å²) in [6.45, 7) is 19.8. The zero-order valence-electron chi connectivity index (χ0n) is 24.3. The number of aromatic amines is 2. The monoisotopic (exact) mass is 628 g/mol. The fourth-order valence-electron chi connectivity index (χ4n) is 5.48. The molecule has 3 fully saturated rings. The molecule has 7 atom stereocenters. The Morgan fingerprint density at radius 3 is 2.75 bits per heavy atom. The number of nitrogens with zero attached hydrogens (tertiary/aromatic N) is 2. The van der Waals surface area contributed by atoms with Crippen LogP contribution in [0.1, 0.15) is 66.5 Å². The Morgan fingerprint density at radius 1 is 1.35 bits per heavy atom. The first-order valence-electron chi connectivity index (χ1n) is 13.8. The molecule has 5 rings (SSSR count). The minimum atomic E-state index is -2.61. The number of imidazole rings is 1. The highest BCUT2D eigenvalue weighted by Gasteiger charge is 2.54. The van der Waals surface area contributed by atoms with Crippen LogP contribution in [0.4, 0.5) is 0 Å². The van der Waals surface area contributed by atoms with Gasteiger partial charge in [-0.2, -0.15) is 0 Å². The molecule has 0 radical (unpaired) electrons. The van der Waals surface area contributed by atoms with Gasteiger partial charge in [0, 0.05) is 11.2 Å². The lowest BCUT2D eigenvalue weighted by molar-refractivity contribution is -0.0367. The van der Waals surface area contributed by atoms with Crippen LogP contribution in [-0.2, 0) is 30.0 Å². The van der Waals surface area contributed by atoms with Gasteiger partial charge in [0.15, 0.2) is 13.8 Å². The second-order valence-corrected chi connectivity index (χ2v) is 24.5. The van der Waals surface area contributed by atoms with Crippen molar-refractivity contribution in [3.05, 3.63) is 39.3 Å². The molecule has 4 heterocycles. The van der Waals surface area contributed by atoms with Crippen LogP contribution in [0.5, 0.6) is 0 Å². The maximum absolute atomic E-state index is 12.3. The molecule has 0 bridgehead atoms. The van der Waals surface area contributed by atoms with Crippen LogP contribution in [0, 0.1) is 5.92 Å². The number of fused-ring (bicyclic) bond motifs is 2. The molecule has 14 heteroatoms. The van der Waals surface area contributed by atoms with Crippen LogP contribution in [0.15, 0.2) is 28.1 Å². The van der Waals surface area contributed by atoms with Crippen LogP contribution in [-0.4, -0.2) is 57.5 Å². The molecular formula is C26H41N4O6PS2Si. The lowest BCUT2D eigenvalue weighted by atomic mass is 9.77. The Labute approximate surface area is 245 Å². The van der Waals surface area contributed by atoms with Gasteiger partial charge in [-0.1, -0.05) is 44.3 Å². The third kappa shape index (κ3) is 5.77. The first-order chi connectivity index (χ1) is 18.5. The number of ether oxygens (including phenoxy) is 1. The quantitative estimate of drug-likeness (QED) is 0.229. The fourth-order valence-corrected chi connectivity index (χ4v) is 14.0. The average Bonchev–Trinajstić information content (AvgIpc) is 3.49. The summed E-state index contributed by atoms with van der Waals surface area (Å²) < 4.78 is 28.0. The van der Waals surface area contributed by atoms with Gasteiger partial charge in [0.25, 0.3) is 5.56 Å². The zero-order chi connectivity index (χ0) is 29.3. The minimum Gasteiger partial charge on any atom is -0.411 e. The summed E-state index contributed by atoms with van der Waals surface area (Å²) in [6.07, 6.45) is 3.93. The topological polar surface area (TPSA) is 120 Å². The molecule has 2 aromatic heterocycles. The molecule has 1 aliphatic carbocycles. The molecule has 2 saturated heterocycles. The van der Waals surface area contributed by atoms with E-state index in [1.807, 2.05) is 0 Å². The molecule has 0 amide bonds. The van der Waals surface area contributed by atoms with Gasteiger partial charge in [-0.05, 0) is 69.0 Å². The van der Waals surface area contributed by atoms with Crippen molar-refractivity contribution in [2.45, 2.75) is 108 Å². The van der Waals surface area contributed by atoms with Gasteiger partial charge in [-0.3, -0.25) is 19.3 Å². The highest BCUT2D eigenvalue weighted by molar-refractivity contribution is 8.68. The molecule has 2 aromatic rings. The van der Waals surface area contributed by atoms with Gasteiger partial charge in [-0.15, -0.1) is 0 Å². The van der Waals surface area contributed by atoms with E-state index in [9.17, 15) is 9.59 Å². The molecule has 3 aliphatic rings. The summed E-state index contributed by atoms with van der Waals surface area (Å²) in [5.41, 5.74) is -2.08. The van der Waals surface area contributed by atoms with Crippen molar-refractivity contribution in [2.75, 3.05) is 6.61 Å². The van der Waals surface area contributed by atoms with E-state index in [0.29, 0.717) is 18.0 Å². The molecule has 1 saturated carbocycles. The predicted molar refractivity (Wildman–Crippen MR) is 165 cm³/mol. The molecule has 10 nitrogen and oxygen atoms in total. The van der Waals surface area contributed by atoms with E-state index in [1.54, 1.807) is 15.9 Å². The van der Waals surface area contributed by atoms with Gasteiger partial charge in [-0.25, -0.2) is 9.78 Å². The van der Waals surface area contributed by atoms with Crippen molar-refractivity contribution in [2.24, 2.45) is 5.92 Å². The summed E-state index contributed by atoms with van der Waals surface area (Å²) in [6, 6.07) is 0. The van der Waals surface area contributed by atoms with Crippen molar-refractivity contribution in [3.8, 4) is 0 Å². The second kappa shape index (κ2) is 10.6. The van der Waals surface area contributed by atoms with E-state index >= 15 is 0 Å². The van der Waals surface area contributed by atoms with E-state index < -0.39 is 37.6 Å². The van der Waals surface area contributed by atoms with Crippen molar-refractivity contribution >= 4 is 48.4 Å². The fraction of sp³-hybridized carbons (Fsp3) is 0.731. The number of hydrogen-bond donors (Lipinski definition) is 2. The lowest BCUT2D eigenvalue weighted by Gasteiger charge is -2.39. The van der Waals surface area contributed by atoms with Crippen LogP contribution in [0.3, 0.4) is 0 Å². The number of rotatable bonds is 7. The first-order valence-corrected chi connectivity index (χ1v) is 20.8. The van der Waals surface area contributed by atoms with Gasteiger partial charge in [0.05, 0.1) is 25.1 Å². The van der Waals surface area contributed by atoms with E-state index in [-0.39, 0.29) is 34.1 Å². The van der Waals surface area contributed by atoms with Crippen molar-refractivity contribution in [1.82, 2.24) is 19.5 Å². The Hall–Kier alpha value is -1.05. The number of nitrogens with one attached hydrogen (secondary N) is 2. The largest absolute Gasteiger partial charge is 0.411 e. The normalized spacial score (nSPS) is 34.8. The number of hydrogen-bond acceptors (Lipinski definition) is 9. The molecule has 222 valence electrons. The van der Waals surface area contributed by atoms with Crippen molar-refractivity contribution < 1.29 is 18.2 Å². The Balaban J connectivity index is 1.37. The minimum absolute atomic E-state index is 0.00249.